The van der Waals surface area contributed by atoms with Gasteiger partial charge in [-0.25, -0.2) is 5.84 Å². The van der Waals surface area contributed by atoms with E-state index in [4.69, 9.17) is 15.3 Å². The van der Waals surface area contributed by atoms with Crippen LogP contribution in [0.25, 0.3) is 22.0 Å². The van der Waals surface area contributed by atoms with Gasteiger partial charge in [0.05, 0.1) is 14.2 Å². The molecule has 0 aliphatic carbocycles. The summed E-state index contributed by atoms with van der Waals surface area (Å²) in [6.07, 6.45) is 0. The molecule has 0 saturated heterocycles. The normalized spacial score (nSPS) is 10.5. The van der Waals surface area contributed by atoms with E-state index in [9.17, 15) is 0 Å². The predicted octanol–water partition coefficient (Wildman–Crippen LogP) is 2.60. The largest absolute Gasteiger partial charge is 0.497 e. The number of benzene rings is 2. The van der Waals surface area contributed by atoms with E-state index in [0.29, 0.717) is 17.3 Å². The van der Waals surface area contributed by atoms with Gasteiger partial charge in [-0.05, 0) is 18.2 Å². The van der Waals surface area contributed by atoms with Crippen molar-refractivity contribution in [3.63, 3.8) is 0 Å². The molecule has 1 heterocycles. The summed E-state index contributed by atoms with van der Waals surface area (Å²) in [4.78, 5) is 0. The number of hydrazine groups is 1. The first kappa shape index (κ1) is 14.1. The first-order chi connectivity index (χ1) is 10.8. The van der Waals surface area contributed by atoms with Crippen LogP contribution in [0.4, 0.5) is 5.82 Å². The molecule has 3 N–H and O–H groups in total. The van der Waals surface area contributed by atoms with E-state index in [2.05, 4.69) is 15.6 Å². The summed E-state index contributed by atoms with van der Waals surface area (Å²) in [5, 5.41) is 10.3. The molecule has 0 fully saturated rings. The van der Waals surface area contributed by atoms with Crippen LogP contribution >= 0.6 is 0 Å². The summed E-state index contributed by atoms with van der Waals surface area (Å²) in [6, 6.07) is 13.4. The first-order valence-electron chi connectivity index (χ1n) is 6.73. The van der Waals surface area contributed by atoms with E-state index in [1.807, 2.05) is 42.5 Å². The van der Waals surface area contributed by atoms with Gasteiger partial charge in [0.25, 0.3) is 0 Å². The van der Waals surface area contributed by atoms with Gasteiger partial charge in [0, 0.05) is 16.3 Å². The lowest BCUT2D eigenvalue weighted by atomic mass is 10.0. The molecule has 6 nitrogen and oxygen atoms in total. The number of hydrogen-bond acceptors (Lipinski definition) is 6. The highest BCUT2D eigenvalue weighted by atomic mass is 16.5. The fourth-order valence-corrected chi connectivity index (χ4v) is 2.41. The molecule has 0 amide bonds. The van der Waals surface area contributed by atoms with Crippen LogP contribution in [0.15, 0.2) is 42.5 Å². The Morgan fingerprint density at radius 1 is 0.955 bits per heavy atom. The Morgan fingerprint density at radius 2 is 1.73 bits per heavy atom. The molecule has 112 valence electrons. The van der Waals surface area contributed by atoms with Crippen molar-refractivity contribution in [3.8, 4) is 22.8 Å². The minimum Gasteiger partial charge on any atom is -0.497 e. The number of aromatic nitrogens is 2. The van der Waals surface area contributed by atoms with E-state index in [1.54, 1.807) is 14.2 Å². The number of anilines is 1. The summed E-state index contributed by atoms with van der Waals surface area (Å²) < 4.78 is 10.7. The van der Waals surface area contributed by atoms with Crippen LogP contribution in [0.2, 0.25) is 0 Å². The number of rotatable bonds is 4. The molecule has 0 aliphatic rings. The monoisotopic (exact) mass is 296 g/mol. The summed E-state index contributed by atoms with van der Waals surface area (Å²) in [6.45, 7) is 0. The average molecular weight is 296 g/mol. The van der Waals surface area contributed by atoms with Crippen molar-refractivity contribution in [2.24, 2.45) is 5.84 Å². The van der Waals surface area contributed by atoms with Crippen LogP contribution in [-0.4, -0.2) is 24.4 Å². The zero-order valence-electron chi connectivity index (χ0n) is 12.3. The maximum Gasteiger partial charge on any atom is 0.170 e. The smallest absolute Gasteiger partial charge is 0.170 e. The highest BCUT2D eigenvalue weighted by Gasteiger charge is 2.15. The van der Waals surface area contributed by atoms with E-state index in [-0.39, 0.29) is 0 Å². The van der Waals surface area contributed by atoms with Crippen molar-refractivity contribution in [2.45, 2.75) is 0 Å². The molecule has 0 bridgehead atoms. The number of nitrogen functional groups attached to an aromatic ring is 1. The minimum absolute atomic E-state index is 0.529. The first-order valence-corrected chi connectivity index (χ1v) is 6.73. The quantitative estimate of drug-likeness (QED) is 0.569. The van der Waals surface area contributed by atoms with Gasteiger partial charge in [-0.15, -0.1) is 10.2 Å². The summed E-state index contributed by atoms with van der Waals surface area (Å²) in [5.41, 5.74) is 4.10. The summed E-state index contributed by atoms with van der Waals surface area (Å²) in [5.74, 6) is 7.47. The lowest BCUT2D eigenvalue weighted by molar-refractivity contribution is 0.404. The number of nitrogens with one attached hydrogen (secondary N) is 1. The molecular weight excluding hydrogens is 280 g/mol. The van der Waals surface area contributed by atoms with Gasteiger partial charge in [-0.1, -0.05) is 24.3 Å². The van der Waals surface area contributed by atoms with E-state index < -0.39 is 0 Å². The van der Waals surface area contributed by atoms with E-state index >= 15 is 0 Å². The van der Waals surface area contributed by atoms with Gasteiger partial charge < -0.3 is 14.9 Å². The number of nitrogens with two attached hydrogens (primary N) is 1. The van der Waals surface area contributed by atoms with Gasteiger partial charge in [-0.2, -0.15) is 0 Å². The van der Waals surface area contributed by atoms with Crippen LogP contribution in [0.1, 0.15) is 0 Å². The Balaban J connectivity index is 2.31. The van der Waals surface area contributed by atoms with Gasteiger partial charge in [0.15, 0.2) is 5.82 Å². The zero-order valence-corrected chi connectivity index (χ0v) is 12.3. The fourth-order valence-electron chi connectivity index (χ4n) is 2.41. The third-order valence-corrected chi connectivity index (χ3v) is 3.49. The van der Waals surface area contributed by atoms with Crippen LogP contribution in [0, 0.1) is 0 Å². The topological polar surface area (TPSA) is 82.3 Å². The third-order valence-electron chi connectivity index (χ3n) is 3.49. The molecule has 2 aromatic carbocycles. The Hall–Kier alpha value is -2.86. The second kappa shape index (κ2) is 5.87. The molecule has 0 saturated carbocycles. The van der Waals surface area contributed by atoms with Crippen LogP contribution in [-0.2, 0) is 0 Å². The van der Waals surface area contributed by atoms with Crippen molar-refractivity contribution < 1.29 is 9.47 Å². The SMILES string of the molecule is COc1ccc(OC)c(-c2nnc(NN)c3ccccc23)c1. The number of nitrogens with zero attached hydrogens (tertiary/aromatic N) is 2. The Labute approximate surface area is 127 Å². The molecule has 0 unspecified atom stereocenters. The molecule has 22 heavy (non-hydrogen) atoms. The van der Waals surface area contributed by atoms with E-state index in [1.165, 1.54) is 0 Å². The summed E-state index contributed by atoms with van der Waals surface area (Å²) in [7, 11) is 3.24. The number of fused-ring (bicyclic) bond motifs is 1. The van der Waals surface area contributed by atoms with Crippen LogP contribution in [0.3, 0.4) is 0 Å². The highest BCUT2D eigenvalue weighted by molar-refractivity contribution is 6.00. The summed E-state index contributed by atoms with van der Waals surface area (Å²) >= 11 is 0. The van der Waals surface area contributed by atoms with Crippen molar-refractivity contribution in [3.05, 3.63) is 42.5 Å². The third kappa shape index (κ3) is 2.29. The lowest BCUT2D eigenvalue weighted by Crippen LogP contribution is -2.10. The second-order valence-corrected chi connectivity index (χ2v) is 4.65. The maximum atomic E-state index is 5.51. The molecule has 1 aromatic heterocycles. The molecule has 0 spiro atoms. The minimum atomic E-state index is 0.529. The molecule has 3 rings (SSSR count). The zero-order chi connectivity index (χ0) is 15.5. The van der Waals surface area contributed by atoms with Crippen molar-refractivity contribution in [2.75, 3.05) is 19.6 Å². The molecule has 0 atom stereocenters. The van der Waals surface area contributed by atoms with Gasteiger partial charge in [-0.3, -0.25) is 0 Å². The van der Waals surface area contributed by atoms with Crippen molar-refractivity contribution in [1.82, 2.24) is 10.2 Å². The predicted molar refractivity (Wildman–Crippen MR) is 85.9 cm³/mol. The number of methoxy groups -OCH3 is 2. The Bertz CT molecular complexity index is 820. The number of ether oxygens (including phenoxy) is 2. The average Bonchev–Trinajstić information content (AvgIpc) is 2.60. The molecule has 6 heteroatoms. The Morgan fingerprint density at radius 3 is 2.41 bits per heavy atom. The van der Waals surface area contributed by atoms with Crippen molar-refractivity contribution in [1.29, 1.82) is 0 Å². The fraction of sp³-hybridized carbons (Fsp3) is 0.125. The van der Waals surface area contributed by atoms with Gasteiger partial charge in [0.2, 0.25) is 0 Å². The van der Waals surface area contributed by atoms with Gasteiger partial charge >= 0.3 is 0 Å². The van der Waals surface area contributed by atoms with Gasteiger partial charge in [0.1, 0.15) is 17.2 Å². The van der Waals surface area contributed by atoms with Crippen LogP contribution < -0.4 is 20.7 Å². The maximum absolute atomic E-state index is 5.51. The highest BCUT2D eigenvalue weighted by Crippen LogP contribution is 2.36. The lowest BCUT2D eigenvalue weighted by Gasteiger charge is -2.12. The second-order valence-electron chi connectivity index (χ2n) is 4.65. The van der Waals surface area contributed by atoms with Crippen LogP contribution in [0.5, 0.6) is 11.5 Å². The van der Waals surface area contributed by atoms with E-state index in [0.717, 1.165) is 22.1 Å². The molecule has 0 aliphatic heterocycles. The molecular formula is C16H16N4O2. The number of hydrogen-bond donors (Lipinski definition) is 2. The Kier molecular flexibility index (Phi) is 3.76. The standard InChI is InChI=1S/C16H16N4O2/c1-21-10-7-8-14(22-2)13(9-10)15-11-5-3-4-6-12(11)16(18-17)20-19-15/h3-9H,17H2,1-2H3,(H,18,20). The molecule has 0 radical (unpaired) electrons. The van der Waals surface area contributed by atoms with Crippen molar-refractivity contribution >= 4 is 16.6 Å². The molecule has 3 aromatic rings.